The molecule has 0 saturated heterocycles. The lowest BCUT2D eigenvalue weighted by Gasteiger charge is -2.26. The van der Waals surface area contributed by atoms with E-state index in [2.05, 4.69) is 15.6 Å². The molecule has 0 aromatic carbocycles. The van der Waals surface area contributed by atoms with Gasteiger partial charge in [0.25, 0.3) is 0 Å². The highest BCUT2D eigenvalue weighted by Crippen LogP contribution is 2.19. The van der Waals surface area contributed by atoms with Gasteiger partial charge in [-0.2, -0.15) is 0 Å². The molecule has 8 nitrogen and oxygen atoms in total. The van der Waals surface area contributed by atoms with Crippen LogP contribution in [-0.2, 0) is 14.3 Å². The summed E-state index contributed by atoms with van der Waals surface area (Å²) in [4.78, 5) is 39.6. The largest absolute Gasteiger partial charge is 0.463 e. The Morgan fingerprint density at radius 1 is 1.24 bits per heavy atom. The number of urea groups is 1. The Morgan fingerprint density at radius 2 is 1.96 bits per heavy atom. The molecule has 0 saturated carbocycles. The number of carbonyl (C=O) groups is 3. The van der Waals surface area contributed by atoms with Gasteiger partial charge in [-0.1, -0.05) is 23.2 Å². The van der Waals surface area contributed by atoms with Gasteiger partial charge < -0.3 is 20.1 Å². The molecule has 10 heteroatoms. The number of nitrogens with one attached hydrogen (secondary N) is 2. The third-order valence-corrected chi connectivity index (χ3v) is 3.73. The van der Waals surface area contributed by atoms with Crippen molar-refractivity contribution < 1.29 is 23.9 Å². The second-order valence-electron chi connectivity index (χ2n) is 4.97. The summed E-state index contributed by atoms with van der Waals surface area (Å²) in [5.41, 5.74) is 0.126. The van der Waals surface area contributed by atoms with Crippen LogP contribution in [-0.4, -0.2) is 42.2 Å². The lowest BCUT2D eigenvalue weighted by molar-refractivity contribution is -0.139. The van der Waals surface area contributed by atoms with Gasteiger partial charge in [-0.05, 0) is 26.0 Å². The maximum atomic E-state index is 12.1. The number of aromatic nitrogens is 1. The molecule has 1 aromatic heterocycles. The van der Waals surface area contributed by atoms with Gasteiger partial charge in [0.2, 0.25) is 0 Å². The molecule has 1 aromatic rings. The zero-order valence-corrected chi connectivity index (χ0v) is 14.9. The fourth-order valence-corrected chi connectivity index (χ4v) is 2.49. The first-order valence-electron chi connectivity index (χ1n) is 7.30. The summed E-state index contributed by atoms with van der Waals surface area (Å²) in [6.07, 6.45) is 0. The number of pyridine rings is 1. The molecule has 1 aliphatic rings. The summed E-state index contributed by atoms with van der Waals surface area (Å²) in [6.45, 7) is 3.07. The SMILES string of the molecule is CCOC(=O)C1=C(COC(=O)c2nc(Cl)ccc2Cl)NC(=O)N[C@@H]1C. The molecule has 1 atom stereocenters. The molecule has 0 spiro atoms. The minimum atomic E-state index is -0.844. The van der Waals surface area contributed by atoms with E-state index < -0.39 is 24.0 Å². The van der Waals surface area contributed by atoms with Crippen LogP contribution in [0.1, 0.15) is 24.3 Å². The Kier molecular flexibility index (Phi) is 6.22. The summed E-state index contributed by atoms with van der Waals surface area (Å²) in [5.74, 6) is -1.46. The van der Waals surface area contributed by atoms with E-state index in [0.29, 0.717) is 0 Å². The minimum absolute atomic E-state index is 0.0664. The van der Waals surface area contributed by atoms with Crippen molar-refractivity contribution in [3.63, 3.8) is 0 Å². The van der Waals surface area contributed by atoms with Crippen molar-refractivity contribution in [2.45, 2.75) is 19.9 Å². The van der Waals surface area contributed by atoms with E-state index in [1.165, 1.54) is 12.1 Å². The highest BCUT2D eigenvalue weighted by Gasteiger charge is 2.30. The number of halogens is 2. The van der Waals surface area contributed by atoms with Crippen LogP contribution in [0.5, 0.6) is 0 Å². The molecule has 0 unspecified atom stereocenters. The van der Waals surface area contributed by atoms with Crippen LogP contribution in [0.15, 0.2) is 23.4 Å². The van der Waals surface area contributed by atoms with Crippen molar-refractivity contribution >= 4 is 41.2 Å². The highest BCUT2D eigenvalue weighted by atomic mass is 35.5. The number of nitrogens with zero attached hydrogens (tertiary/aromatic N) is 1. The Hall–Kier alpha value is -2.32. The molecule has 0 bridgehead atoms. The fourth-order valence-electron chi connectivity index (χ4n) is 2.16. The summed E-state index contributed by atoms with van der Waals surface area (Å²) < 4.78 is 10.1. The zero-order chi connectivity index (χ0) is 18.6. The Morgan fingerprint density at radius 3 is 2.64 bits per heavy atom. The fraction of sp³-hybridized carbons (Fsp3) is 0.333. The van der Waals surface area contributed by atoms with Crippen LogP contribution in [0.2, 0.25) is 10.2 Å². The summed E-state index contributed by atoms with van der Waals surface area (Å²) in [7, 11) is 0. The number of esters is 2. The van der Waals surface area contributed by atoms with Crippen LogP contribution in [0.25, 0.3) is 0 Å². The molecule has 0 aliphatic carbocycles. The Balaban J connectivity index is 2.21. The first-order valence-corrected chi connectivity index (χ1v) is 8.06. The second-order valence-corrected chi connectivity index (χ2v) is 5.77. The van der Waals surface area contributed by atoms with Crippen LogP contribution in [0, 0.1) is 0 Å². The van der Waals surface area contributed by atoms with Crippen molar-refractivity contribution in [3.05, 3.63) is 39.3 Å². The molecule has 25 heavy (non-hydrogen) atoms. The predicted octanol–water partition coefficient (Wildman–Crippen LogP) is 2.06. The lowest BCUT2D eigenvalue weighted by Crippen LogP contribution is -2.50. The van der Waals surface area contributed by atoms with Crippen molar-refractivity contribution in [2.24, 2.45) is 0 Å². The van der Waals surface area contributed by atoms with Crippen LogP contribution in [0.4, 0.5) is 4.79 Å². The predicted molar refractivity (Wildman–Crippen MR) is 89.3 cm³/mol. The van der Waals surface area contributed by atoms with Crippen LogP contribution in [0.3, 0.4) is 0 Å². The third kappa shape index (κ3) is 4.61. The van der Waals surface area contributed by atoms with Crippen LogP contribution >= 0.6 is 23.2 Å². The summed E-state index contributed by atoms with van der Waals surface area (Å²) in [6, 6.07) is 1.71. The smallest absolute Gasteiger partial charge is 0.358 e. The topological polar surface area (TPSA) is 107 Å². The van der Waals surface area contributed by atoms with Crippen molar-refractivity contribution in [1.82, 2.24) is 15.6 Å². The van der Waals surface area contributed by atoms with Gasteiger partial charge in [0.05, 0.1) is 28.9 Å². The zero-order valence-electron chi connectivity index (χ0n) is 13.4. The number of hydrogen-bond acceptors (Lipinski definition) is 6. The van der Waals surface area contributed by atoms with Crippen molar-refractivity contribution in [2.75, 3.05) is 13.2 Å². The molecule has 2 heterocycles. The van der Waals surface area contributed by atoms with E-state index in [0.717, 1.165) is 0 Å². The van der Waals surface area contributed by atoms with Gasteiger partial charge >= 0.3 is 18.0 Å². The van der Waals surface area contributed by atoms with Crippen LogP contribution < -0.4 is 10.6 Å². The molecule has 0 fully saturated rings. The first-order chi connectivity index (χ1) is 11.8. The van der Waals surface area contributed by atoms with Gasteiger partial charge in [-0.3, -0.25) is 0 Å². The summed E-state index contributed by atoms with van der Waals surface area (Å²) >= 11 is 11.6. The highest BCUT2D eigenvalue weighted by molar-refractivity contribution is 6.34. The monoisotopic (exact) mass is 387 g/mol. The van der Waals surface area contributed by atoms with Gasteiger partial charge in [-0.15, -0.1) is 0 Å². The maximum Gasteiger partial charge on any atom is 0.358 e. The number of ether oxygens (including phenoxy) is 2. The molecule has 2 rings (SSSR count). The Labute approximate surface area is 153 Å². The normalized spacial score (nSPS) is 16.8. The van der Waals surface area contributed by atoms with E-state index in [-0.39, 0.29) is 40.4 Å². The molecular formula is C15H15Cl2N3O5. The minimum Gasteiger partial charge on any atom is -0.463 e. The molecule has 2 N–H and O–H groups in total. The third-order valence-electron chi connectivity index (χ3n) is 3.22. The number of carbonyl (C=O) groups excluding carboxylic acids is 3. The number of hydrogen-bond donors (Lipinski definition) is 2. The second kappa shape index (κ2) is 8.17. The van der Waals surface area contributed by atoms with Gasteiger partial charge in [0.15, 0.2) is 5.69 Å². The number of rotatable bonds is 5. The van der Waals surface area contributed by atoms with E-state index in [9.17, 15) is 14.4 Å². The lowest BCUT2D eigenvalue weighted by atomic mass is 10.0. The van der Waals surface area contributed by atoms with Gasteiger partial charge in [0, 0.05) is 0 Å². The standard InChI is InChI=1S/C15H15Cl2N3O5/c1-3-24-13(21)11-7(2)18-15(23)19-9(11)6-25-14(22)12-8(16)4-5-10(17)20-12/h4-5,7H,3,6H2,1-2H3,(H2,18,19,23)/t7-/m1/s1. The average Bonchev–Trinajstić information content (AvgIpc) is 2.54. The summed E-state index contributed by atoms with van der Waals surface area (Å²) in [5, 5.41) is 5.12. The number of amides is 2. The molecule has 1 aliphatic heterocycles. The van der Waals surface area contributed by atoms with E-state index in [4.69, 9.17) is 32.7 Å². The van der Waals surface area contributed by atoms with E-state index >= 15 is 0 Å². The first kappa shape index (κ1) is 19.0. The van der Waals surface area contributed by atoms with E-state index in [1.807, 2.05) is 0 Å². The Bertz CT molecular complexity index is 751. The molecule has 0 radical (unpaired) electrons. The van der Waals surface area contributed by atoms with Crippen molar-refractivity contribution in [1.29, 1.82) is 0 Å². The molecular weight excluding hydrogens is 373 g/mol. The van der Waals surface area contributed by atoms with Gasteiger partial charge in [0.1, 0.15) is 11.8 Å². The maximum absolute atomic E-state index is 12.1. The molecule has 134 valence electrons. The molecule has 2 amide bonds. The average molecular weight is 388 g/mol. The van der Waals surface area contributed by atoms with Gasteiger partial charge in [-0.25, -0.2) is 19.4 Å². The van der Waals surface area contributed by atoms with E-state index in [1.54, 1.807) is 13.8 Å². The quantitative estimate of drug-likeness (QED) is 0.591. The van der Waals surface area contributed by atoms with Crippen molar-refractivity contribution in [3.8, 4) is 0 Å².